The van der Waals surface area contributed by atoms with Crippen molar-refractivity contribution >= 4 is 11.8 Å². The van der Waals surface area contributed by atoms with Gasteiger partial charge in [0, 0.05) is 36.9 Å². The molecule has 0 bridgehead atoms. The summed E-state index contributed by atoms with van der Waals surface area (Å²) < 4.78 is 57.9. The number of carbonyl (C=O) groups is 1. The van der Waals surface area contributed by atoms with E-state index in [2.05, 4.69) is 10.6 Å². The molecule has 2 heterocycles. The Hall–Kier alpha value is -4.13. The van der Waals surface area contributed by atoms with Gasteiger partial charge in [-0.1, -0.05) is 36.4 Å². The van der Waals surface area contributed by atoms with E-state index in [9.17, 15) is 37.1 Å². The Labute approximate surface area is 226 Å². The highest BCUT2D eigenvalue weighted by atomic mass is 19.4. The molecule has 214 valence electrons. The molecule has 0 aliphatic carbocycles. The van der Waals surface area contributed by atoms with Crippen molar-refractivity contribution in [3.8, 4) is 0 Å². The van der Waals surface area contributed by atoms with Gasteiger partial charge in [0.05, 0.1) is 24.7 Å². The third-order valence-electron chi connectivity index (χ3n) is 6.95. The molecule has 40 heavy (non-hydrogen) atoms. The van der Waals surface area contributed by atoms with Gasteiger partial charge in [-0.2, -0.15) is 13.2 Å². The van der Waals surface area contributed by atoms with Crippen LogP contribution in [-0.4, -0.2) is 46.0 Å². The number of alkyl halides is 3. The lowest BCUT2D eigenvalue weighted by molar-refractivity contribution is -0.138. The fourth-order valence-electron chi connectivity index (χ4n) is 5.03. The first-order valence-corrected chi connectivity index (χ1v) is 12.6. The summed E-state index contributed by atoms with van der Waals surface area (Å²) in [5.41, 5.74) is -3.05. The maximum atomic E-state index is 14.8. The lowest BCUT2D eigenvalue weighted by atomic mass is 10.1. The molecule has 2 aromatic carbocycles. The molecule has 1 fully saturated rings. The van der Waals surface area contributed by atoms with Crippen molar-refractivity contribution in [2.24, 2.45) is 0 Å². The quantitative estimate of drug-likeness (QED) is 0.381. The number of hydrogen-bond donors (Lipinski definition) is 3. The number of aromatic nitrogens is 2. The predicted molar refractivity (Wildman–Crippen MR) is 140 cm³/mol. The third kappa shape index (κ3) is 6.03. The summed E-state index contributed by atoms with van der Waals surface area (Å²) in [5.74, 6) is -1.15. The summed E-state index contributed by atoms with van der Waals surface area (Å²) >= 11 is 0. The molecular weight excluding hydrogens is 534 g/mol. The Kier molecular flexibility index (Phi) is 8.33. The first-order valence-electron chi connectivity index (χ1n) is 12.6. The zero-order valence-corrected chi connectivity index (χ0v) is 21.8. The van der Waals surface area contributed by atoms with E-state index in [0.717, 1.165) is 27.3 Å². The smallest absolute Gasteiger partial charge is 0.416 e. The lowest BCUT2D eigenvalue weighted by Gasteiger charge is -2.35. The first-order chi connectivity index (χ1) is 18.9. The van der Waals surface area contributed by atoms with Crippen LogP contribution in [0.3, 0.4) is 0 Å². The molecule has 1 saturated heterocycles. The van der Waals surface area contributed by atoms with Crippen LogP contribution in [0.2, 0.25) is 0 Å². The topological polar surface area (TPSA) is 109 Å². The van der Waals surface area contributed by atoms with Crippen LogP contribution in [0.25, 0.3) is 0 Å². The van der Waals surface area contributed by atoms with E-state index in [0.29, 0.717) is 25.2 Å². The molecule has 0 unspecified atom stereocenters. The van der Waals surface area contributed by atoms with Crippen LogP contribution in [0, 0.1) is 12.7 Å². The van der Waals surface area contributed by atoms with Crippen LogP contribution >= 0.6 is 0 Å². The predicted octanol–water partition coefficient (Wildman–Crippen LogP) is 3.33. The summed E-state index contributed by atoms with van der Waals surface area (Å²) in [7, 11) is 0. The van der Waals surface area contributed by atoms with Crippen LogP contribution in [0.1, 0.15) is 35.3 Å². The molecule has 1 amide bonds. The molecule has 0 saturated carbocycles. The van der Waals surface area contributed by atoms with Crippen molar-refractivity contribution in [2.45, 2.75) is 45.2 Å². The molecule has 4 rings (SSSR count). The fraction of sp³-hybridized carbons (Fsp3) is 0.370. The number of amides is 1. The molecular formula is C27H29F4N5O4. The van der Waals surface area contributed by atoms with Crippen LogP contribution in [-0.2, 0) is 19.3 Å². The second-order valence-electron chi connectivity index (χ2n) is 9.70. The number of halogens is 4. The van der Waals surface area contributed by atoms with E-state index in [-0.39, 0.29) is 17.4 Å². The molecule has 3 aromatic rings. The maximum Gasteiger partial charge on any atom is 0.416 e. The van der Waals surface area contributed by atoms with Gasteiger partial charge < -0.3 is 20.6 Å². The molecule has 0 radical (unpaired) electrons. The minimum absolute atomic E-state index is 0.0319. The van der Waals surface area contributed by atoms with Crippen molar-refractivity contribution in [2.75, 3.05) is 24.5 Å². The highest BCUT2D eigenvalue weighted by Crippen LogP contribution is 2.33. The number of nitrogens with one attached hydrogen (secondary N) is 2. The average Bonchev–Trinajstić information content (AvgIpc) is 2.89. The van der Waals surface area contributed by atoms with Gasteiger partial charge in [-0.15, -0.1) is 0 Å². The highest BCUT2D eigenvalue weighted by Gasteiger charge is 2.35. The average molecular weight is 564 g/mol. The summed E-state index contributed by atoms with van der Waals surface area (Å²) in [6.45, 7) is 3.37. The third-order valence-corrected chi connectivity index (χ3v) is 6.95. The molecule has 1 aliphatic heterocycles. The second kappa shape index (κ2) is 11.5. The van der Waals surface area contributed by atoms with Gasteiger partial charge in [0.1, 0.15) is 11.5 Å². The number of benzene rings is 2. The van der Waals surface area contributed by atoms with Gasteiger partial charge in [0.2, 0.25) is 0 Å². The number of nitrogens with zero attached hydrogens (tertiary/aromatic N) is 3. The zero-order valence-electron chi connectivity index (χ0n) is 21.8. The molecule has 0 spiro atoms. The Morgan fingerprint density at radius 3 is 2.45 bits per heavy atom. The van der Waals surface area contributed by atoms with Gasteiger partial charge in [-0.25, -0.2) is 14.0 Å². The molecule has 1 aromatic heterocycles. The normalized spacial score (nSPS) is 16.6. The monoisotopic (exact) mass is 563 g/mol. The summed E-state index contributed by atoms with van der Waals surface area (Å²) in [4.78, 5) is 40.9. The standard InChI is InChI=1S/C27H29F4N5O4/c1-16-13-34(12-11-32-16)23-17(2)35(14-19-20(27(29,30)31)9-6-10-21(19)28)26(40)36(24(23)37)15-22(33-25(38)39)18-7-4-3-5-8-18/h3-10,16,22,32-33H,11-15H2,1-2H3,(H,38,39)/t16-,22+/m1/s1. The molecule has 2 atom stereocenters. The highest BCUT2D eigenvalue weighted by molar-refractivity contribution is 5.65. The molecule has 3 N–H and O–H groups in total. The van der Waals surface area contributed by atoms with E-state index in [1.807, 2.05) is 6.92 Å². The lowest BCUT2D eigenvalue weighted by Crippen LogP contribution is -2.53. The van der Waals surface area contributed by atoms with Crippen molar-refractivity contribution in [3.05, 3.63) is 97.6 Å². The van der Waals surface area contributed by atoms with Gasteiger partial charge >= 0.3 is 18.0 Å². The van der Waals surface area contributed by atoms with Gasteiger partial charge in [-0.05, 0) is 31.5 Å². The number of hydrogen-bond acceptors (Lipinski definition) is 5. The minimum Gasteiger partial charge on any atom is -0.465 e. The van der Waals surface area contributed by atoms with Crippen LogP contribution in [0.5, 0.6) is 0 Å². The first kappa shape index (κ1) is 28.9. The molecule has 13 heteroatoms. The molecule has 9 nitrogen and oxygen atoms in total. The maximum absolute atomic E-state index is 14.8. The van der Waals surface area contributed by atoms with Gasteiger partial charge in [0.25, 0.3) is 5.56 Å². The fourth-order valence-corrected chi connectivity index (χ4v) is 5.03. The number of piperazine rings is 1. The number of rotatable bonds is 7. The molecule has 1 aliphatic rings. The number of anilines is 1. The largest absolute Gasteiger partial charge is 0.465 e. The minimum atomic E-state index is -4.88. The Balaban J connectivity index is 1.93. The van der Waals surface area contributed by atoms with E-state index >= 15 is 0 Å². The van der Waals surface area contributed by atoms with E-state index in [1.165, 1.54) is 6.92 Å². The van der Waals surface area contributed by atoms with Gasteiger partial charge in [0.15, 0.2) is 0 Å². The van der Waals surface area contributed by atoms with Crippen LogP contribution in [0.4, 0.5) is 28.0 Å². The summed E-state index contributed by atoms with van der Waals surface area (Å²) in [5, 5.41) is 15.0. The second-order valence-corrected chi connectivity index (χ2v) is 9.70. The van der Waals surface area contributed by atoms with Crippen LogP contribution in [0.15, 0.2) is 58.1 Å². The summed E-state index contributed by atoms with van der Waals surface area (Å²) in [6, 6.07) is 9.75. The van der Waals surface area contributed by atoms with E-state index in [1.54, 1.807) is 35.2 Å². The van der Waals surface area contributed by atoms with Crippen molar-refractivity contribution in [1.82, 2.24) is 19.8 Å². The Morgan fingerprint density at radius 1 is 1.12 bits per heavy atom. The zero-order chi connectivity index (χ0) is 29.2. The van der Waals surface area contributed by atoms with Crippen LogP contribution < -0.4 is 26.8 Å². The van der Waals surface area contributed by atoms with E-state index in [4.69, 9.17) is 0 Å². The van der Waals surface area contributed by atoms with Gasteiger partial charge in [-0.3, -0.25) is 13.9 Å². The summed E-state index contributed by atoms with van der Waals surface area (Å²) in [6.07, 6.45) is -6.28. The van der Waals surface area contributed by atoms with E-state index < -0.39 is 59.6 Å². The SMILES string of the molecule is Cc1c(N2CCN[C@H](C)C2)c(=O)n(C[C@H](NC(=O)O)c2ccccc2)c(=O)n1Cc1c(F)cccc1C(F)(F)F. The Bertz CT molecular complexity index is 1500. The van der Waals surface area contributed by atoms with Crippen molar-refractivity contribution < 1.29 is 27.5 Å². The van der Waals surface area contributed by atoms with Crippen molar-refractivity contribution in [1.29, 1.82) is 0 Å². The van der Waals surface area contributed by atoms with Crippen molar-refractivity contribution in [3.63, 3.8) is 0 Å². The number of carboxylic acid groups (broad SMARTS) is 1. The Morgan fingerprint density at radius 2 is 1.82 bits per heavy atom.